The molecule has 2 rings (SSSR count). The van der Waals surface area contributed by atoms with Crippen molar-refractivity contribution in [1.29, 1.82) is 0 Å². The molecule has 30 heavy (non-hydrogen) atoms. The molecule has 0 aliphatic carbocycles. The largest absolute Gasteiger partial charge is 0.457 e. The number of sulfonamides is 1. The molecule has 0 heterocycles. The van der Waals surface area contributed by atoms with Gasteiger partial charge in [0.2, 0.25) is 15.9 Å². The normalized spacial score (nSPS) is 11.5. The highest BCUT2D eigenvalue weighted by molar-refractivity contribution is 7.89. The molecule has 160 valence electrons. The average Bonchev–Trinajstić information content (AvgIpc) is 2.70. The van der Waals surface area contributed by atoms with E-state index < -0.39 is 39.1 Å². The number of nitrogens with zero attached hydrogens (tertiary/aromatic N) is 2. The molecule has 2 aromatic carbocycles. The maximum atomic E-state index is 12.6. The van der Waals surface area contributed by atoms with E-state index in [9.17, 15) is 28.1 Å². The second-order valence-electron chi connectivity index (χ2n) is 6.68. The van der Waals surface area contributed by atoms with Crippen LogP contribution in [0.2, 0.25) is 0 Å². The van der Waals surface area contributed by atoms with Crippen LogP contribution in [0.1, 0.15) is 40.1 Å². The van der Waals surface area contributed by atoms with Crippen molar-refractivity contribution in [3.63, 3.8) is 0 Å². The van der Waals surface area contributed by atoms with Gasteiger partial charge in [0.15, 0.2) is 0 Å². The summed E-state index contributed by atoms with van der Waals surface area (Å²) in [5.74, 6) is -1.68. The minimum atomic E-state index is -3.80. The summed E-state index contributed by atoms with van der Waals surface area (Å²) in [4.78, 5) is 34.0. The lowest BCUT2D eigenvalue weighted by Crippen LogP contribution is -2.33. The van der Waals surface area contributed by atoms with Gasteiger partial charge in [-0.05, 0) is 44.2 Å². The van der Waals surface area contributed by atoms with E-state index in [1.54, 1.807) is 13.8 Å². The summed E-state index contributed by atoms with van der Waals surface area (Å²) in [5.41, 5.74) is 4.68. The van der Waals surface area contributed by atoms with Crippen molar-refractivity contribution in [3.8, 4) is 0 Å². The van der Waals surface area contributed by atoms with Crippen molar-refractivity contribution >= 4 is 27.6 Å². The Kier molecular flexibility index (Phi) is 6.90. The number of nitro benzene ring substituents is 1. The van der Waals surface area contributed by atoms with Crippen LogP contribution in [0.25, 0.3) is 0 Å². The van der Waals surface area contributed by atoms with Gasteiger partial charge in [-0.25, -0.2) is 13.2 Å². The van der Waals surface area contributed by atoms with Crippen LogP contribution < -0.4 is 5.73 Å². The summed E-state index contributed by atoms with van der Waals surface area (Å²) in [5, 5.41) is 11.2. The maximum Gasteiger partial charge on any atom is 0.338 e. The Balaban J connectivity index is 2.24. The predicted molar refractivity (Wildman–Crippen MR) is 107 cm³/mol. The third-order valence-electron chi connectivity index (χ3n) is 4.40. The van der Waals surface area contributed by atoms with Gasteiger partial charge in [-0.15, -0.1) is 0 Å². The smallest absolute Gasteiger partial charge is 0.338 e. The molecule has 0 aliphatic rings. The molecule has 0 radical (unpaired) electrons. The molecule has 2 N–H and O–H groups in total. The van der Waals surface area contributed by atoms with Crippen LogP contribution >= 0.6 is 0 Å². The molecule has 10 nitrogen and oxygen atoms in total. The Morgan fingerprint density at radius 1 is 1.17 bits per heavy atom. The molecule has 0 spiro atoms. The first kappa shape index (κ1) is 23.0. The highest BCUT2D eigenvalue weighted by Gasteiger charge is 2.24. The third kappa shape index (κ3) is 4.99. The second-order valence-corrected chi connectivity index (χ2v) is 8.68. The van der Waals surface area contributed by atoms with Crippen molar-refractivity contribution < 1.29 is 27.7 Å². The van der Waals surface area contributed by atoms with Crippen LogP contribution in [0.3, 0.4) is 0 Å². The fraction of sp³-hybridized carbons (Fsp3) is 0.263. The van der Waals surface area contributed by atoms with Gasteiger partial charge in [0.25, 0.3) is 5.69 Å². The number of carbonyl (C=O) groups is 2. The van der Waals surface area contributed by atoms with E-state index in [2.05, 4.69) is 0 Å². The fourth-order valence-corrected chi connectivity index (χ4v) is 3.88. The van der Waals surface area contributed by atoms with E-state index in [0.717, 1.165) is 6.07 Å². The highest BCUT2D eigenvalue weighted by atomic mass is 32.2. The highest BCUT2D eigenvalue weighted by Crippen LogP contribution is 2.22. The molecule has 0 unspecified atom stereocenters. The monoisotopic (exact) mass is 435 g/mol. The summed E-state index contributed by atoms with van der Waals surface area (Å²) in [6, 6.07) is 8.59. The van der Waals surface area contributed by atoms with E-state index in [0.29, 0.717) is 0 Å². The molecule has 0 saturated carbocycles. The first-order chi connectivity index (χ1) is 13.9. The minimum absolute atomic E-state index is 0.0235. The Morgan fingerprint density at radius 3 is 2.40 bits per heavy atom. The number of nitro groups is 1. The lowest BCUT2D eigenvalue weighted by atomic mass is 10.1. The third-order valence-corrected chi connectivity index (χ3v) is 6.43. The number of rotatable bonds is 8. The number of hydrogen-bond donors (Lipinski definition) is 1. The van der Waals surface area contributed by atoms with Gasteiger partial charge < -0.3 is 10.5 Å². The number of primary amides is 1. The number of ether oxygens (including phenoxy) is 1. The average molecular weight is 435 g/mol. The number of carbonyl (C=O) groups excluding carboxylic acids is 2. The number of esters is 1. The molecule has 0 saturated heterocycles. The molecule has 2 aromatic rings. The molecule has 0 bridgehead atoms. The van der Waals surface area contributed by atoms with Crippen LogP contribution in [0.15, 0.2) is 47.4 Å². The van der Waals surface area contributed by atoms with Crippen LogP contribution in [0.5, 0.6) is 0 Å². The van der Waals surface area contributed by atoms with Crippen LogP contribution in [-0.2, 0) is 21.4 Å². The zero-order chi connectivity index (χ0) is 22.6. The molecule has 0 aromatic heterocycles. The number of amides is 1. The summed E-state index contributed by atoms with van der Waals surface area (Å²) >= 11 is 0. The molecular formula is C19H21N3O7S. The Bertz CT molecular complexity index is 1100. The minimum Gasteiger partial charge on any atom is -0.457 e. The van der Waals surface area contributed by atoms with E-state index in [-0.39, 0.29) is 27.6 Å². The summed E-state index contributed by atoms with van der Waals surface area (Å²) in [6.45, 7) is 2.98. The maximum absolute atomic E-state index is 12.6. The van der Waals surface area contributed by atoms with Crippen molar-refractivity contribution in [3.05, 3.63) is 69.3 Å². The molecule has 0 atom stereocenters. The molecule has 1 amide bonds. The Labute approximate surface area is 173 Å². The van der Waals surface area contributed by atoms with Crippen molar-refractivity contribution in [2.75, 3.05) is 7.05 Å². The lowest BCUT2D eigenvalue weighted by molar-refractivity contribution is -0.385. The van der Waals surface area contributed by atoms with Gasteiger partial charge >= 0.3 is 5.97 Å². The van der Waals surface area contributed by atoms with E-state index in [1.807, 2.05) is 0 Å². The Morgan fingerprint density at radius 2 is 1.83 bits per heavy atom. The fourth-order valence-electron chi connectivity index (χ4n) is 2.46. The van der Waals surface area contributed by atoms with Gasteiger partial charge in [-0.1, -0.05) is 6.07 Å². The summed E-state index contributed by atoms with van der Waals surface area (Å²) in [6.07, 6.45) is 0. The first-order valence-corrected chi connectivity index (χ1v) is 10.2. The first-order valence-electron chi connectivity index (χ1n) is 8.77. The predicted octanol–water partition coefficient (Wildman–Crippen LogP) is 2.08. The van der Waals surface area contributed by atoms with Crippen LogP contribution in [0.4, 0.5) is 5.69 Å². The van der Waals surface area contributed by atoms with Crippen molar-refractivity contribution in [2.45, 2.75) is 31.4 Å². The quantitative estimate of drug-likeness (QED) is 0.379. The van der Waals surface area contributed by atoms with Gasteiger partial charge in [0, 0.05) is 24.7 Å². The van der Waals surface area contributed by atoms with Crippen LogP contribution in [-0.4, -0.2) is 42.6 Å². The van der Waals surface area contributed by atoms with E-state index in [1.165, 1.54) is 47.8 Å². The van der Waals surface area contributed by atoms with Crippen molar-refractivity contribution in [2.24, 2.45) is 5.73 Å². The van der Waals surface area contributed by atoms with Crippen molar-refractivity contribution in [1.82, 2.24) is 4.31 Å². The lowest BCUT2D eigenvalue weighted by Gasteiger charge is -2.21. The van der Waals surface area contributed by atoms with Crippen LogP contribution in [0, 0.1) is 10.1 Å². The SMILES string of the molecule is CC(C)N(C)S(=O)(=O)c1cccc(C(=O)OCc2ccc(C(N)=O)cc2[N+](=O)[O-])c1. The molecular weight excluding hydrogens is 414 g/mol. The summed E-state index contributed by atoms with van der Waals surface area (Å²) in [7, 11) is -2.37. The Hall–Kier alpha value is -3.31. The zero-order valence-corrected chi connectivity index (χ0v) is 17.4. The van der Waals surface area contributed by atoms with Gasteiger partial charge in [-0.3, -0.25) is 14.9 Å². The molecule has 11 heteroatoms. The zero-order valence-electron chi connectivity index (χ0n) is 16.6. The van der Waals surface area contributed by atoms with E-state index in [4.69, 9.17) is 10.5 Å². The van der Waals surface area contributed by atoms with Gasteiger partial charge in [0.05, 0.1) is 20.9 Å². The van der Waals surface area contributed by atoms with Gasteiger partial charge in [-0.2, -0.15) is 4.31 Å². The molecule has 0 fully saturated rings. The topological polar surface area (TPSA) is 150 Å². The number of nitrogens with two attached hydrogens (primary N) is 1. The standard InChI is InChI=1S/C19H21N3O7S/c1-12(2)21(3)30(27,28)16-6-4-5-14(9-16)19(24)29-11-15-8-7-13(18(20)23)10-17(15)22(25)26/h4-10,12H,11H2,1-3H3,(H2,20,23). The second kappa shape index (κ2) is 9.01. The molecule has 0 aliphatic heterocycles. The van der Waals surface area contributed by atoms with Gasteiger partial charge in [0.1, 0.15) is 6.61 Å². The summed E-state index contributed by atoms with van der Waals surface area (Å²) < 4.78 is 31.5. The van der Waals surface area contributed by atoms with E-state index >= 15 is 0 Å². The number of hydrogen-bond acceptors (Lipinski definition) is 7. The number of benzene rings is 2.